The molecule has 0 N–H and O–H groups in total. The lowest BCUT2D eigenvalue weighted by molar-refractivity contribution is -0.00339. The van der Waals surface area contributed by atoms with E-state index in [2.05, 4.69) is 38.8 Å². The van der Waals surface area contributed by atoms with Gasteiger partial charge in [-0.15, -0.1) is 0 Å². The van der Waals surface area contributed by atoms with Crippen molar-refractivity contribution in [3.05, 3.63) is 24.0 Å². The lowest BCUT2D eigenvalue weighted by atomic mass is 9.92. The number of hydrogen-bond acceptors (Lipinski definition) is 5. The van der Waals surface area contributed by atoms with E-state index in [0.29, 0.717) is 11.3 Å². The van der Waals surface area contributed by atoms with Gasteiger partial charge in [-0.05, 0) is 24.2 Å². The number of methoxy groups -OCH3 is 1. The molecule has 0 unspecified atom stereocenters. The van der Waals surface area contributed by atoms with Crippen LogP contribution in [0.1, 0.15) is 44.0 Å². The van der Waals surface area contributed by atoms with Crippen LogP contribution in [0.2, 0.25) is 18.1 Å². The fourth-order valence-electron chi connectivity index (χ4n) is 2.21. The molecule has 2 rings (SSSR count). The number of rotatable bonds is 5. The van der Waals surface area contributed by atoms with Crippen LogP contribution >= 0.6 is 0 Å². The first-order valence-corrected chi connectivity index (χ1v) is 10.9. The Morgan fingerprint density at radius 2 is 1.87 bits per heavy atom. The molecule has 5 nitrogen and oxygen atoms in total. The average molecular weight is 337 g/mol. The fraction of sp³-hybridized carbons (Fsp3) is 0.647. The van der Waals surface area contributed by atoms with Crippen LogP contribution in [0.25, 0.3) is 0 Å². The SMILES string of the molecule is COC(=O)c1cncc(O[C@H]2C[C@H](O[Si](C)(C)C(C)(C)C)C2)c1. The minimum Gasteiger partial charge on any atom is -0.489 e. The largest absolute Gasteiger partial charge is 0.489 e. The zero-order chi connectivity index (χ0) is 17.3. The monoisotopic (exact) mass is 337 g/mol. The Balaban J connectivity index is 1.86. The second kappa shape index (κ2) is 6.61. The summed E-state index contributed by atoms with van der Waals surface area (Å²) in [6, 6.07) is 1.67. The molecule has 1 fully saturated rings. The molecule has 6 heteroatoms. The summed E-state index contributed by atoms with van der Waals surface area (Å²) in [7, 11) is -0.365. The Bertz CT molecular complexity index is 562. The number of aromatic nitrogens is 1. The minimum absolute atomic E-state index is 0.125. The molecule has 0 aliphatic heterocycles. The topological polar surface area (TPSA) is 57.7 Å². The van der Waals surface area contributed by atoms with Gasteiger partial charge in [-0.1, -0.05) is 20.8 Å². The van der Waals surface area contributed by atoms with Crippen LogP contribution in [0.15, 0.2) is 18.5 Å². The zero-order valence-corrected chi connectivity index (χ0v) is 15.9. The van der Waals surface area contributed by atoms with Crippen molar-refractivity contribution < 1.29 is 18.7 Å². The molecule has 0 aromatic carbocycles. The summed E-state index contributed by atoms with van der Waals surface area (Å²) in [4.78, 5) is 15.5. The van der Waals surface area contributed by atoms with Crippen molar-refractivity contribution in [3.63, 3.8) is 0 Å². The van der Waals surface area contributed by atoms with Crippen LogP contribution < -0.4 is 4.74 Å². The van der Waals surface area contributed by atoms with E-state index in [4.69, 9.17) is 13.9 Å². The summed E-state index contributed by atoms with van der Waals surface area (Å²) >= 11 is 0. The smallest absolute Gasteiger partial charge is 0.339 e. The molecule has 0 saturated heterocycles. The Hall–Kier alpha value is -1.40. The lowest BCUT2D eigenvalue weighted by Gasteiger charge is -2.44. The molecule has 0 atom stereocenters. The molecule has 1 saturated carbocycles. The molecule has 0 spiro atoms. The lowest BCUT2D eigenvalue weighted by Crippen LogP contribution is -2.50. The third-order valence-corrected chi connectivity index (χ3v) is 9.29. The van der Waals surface area contributed by atoms with Gasteiger partial charge >= 0.3 is 5.97 Å². The molecule has 0 radical (unpaired) electrons. The van der Waals surface area contributed by atoms with Crippen molar-refractivity contribution in [2.45, 2.75) is 64.0 Å². The number of carbonyl (C=O) groups is 1. The maximum atomic E-state index is 11.5. The van der Waals surface area contributed by atoms with E-state index in [9.17, 15) is 4.79 Å². The van der Waals surface area contributed by atoms with E-state index in [-0.39, 0.29) is 17.2 Å². The molecule has 1 aromatic rings. The van der Waals surface area contributed by atoms with Gasteiger partial charge in [-0.25, -0.2) is 4.79 Å². The molecule has 1 aliphatic rings. The Morgan fingerprint density at radius 3 is 2.43 bits per heavy atom. The van der Waals surface area contributed by atoms with Gasteiger partial charge in [-0.2, -0.15) is 0 Å². The Kier molecular flexibility index (Phi) is 5.16. The van der Waals surface area contributed by atoms with Crippen LogP contribution in [-0.2, 0) is 9.16 Å². The summed E-state index contributed by atoms with van der Waals surface area (Å²) in [5, 5.41) is 0.220. The number of hydrogen-bond donors (Lipinski definition) is 0. The number of pyridine rings is 1. The highest BCUT2D eigenvalue weighted by Gasteiger charge is 2.43. The normalized spacial score (nSPS) is 21.5. The van der Waals surface area contributed by atoms with Gasteiger partial charge < -0.3 is 13.9 Å². The van der Waals surface area contributed by atoms with Crippen molar-refractivity contribution in [2.24, 2.45) is 0 Å². The highest BCUT2D eigenvalue weighted by molar-refractivity contribution is 6.74. The molecule has 23 heavy (non-hydrogen) atoms. The first kappa shape index (κ1) is 17.9. The third-order valence-electron chi connectivity index (χ3n) is 4.76. The first-order valence-electron chi connectivity index (χ1n) is 8.00. The molecule has 128 valence electrons. The van der Waals surface area contributed by atoms with Gasteiger partial charge in [0.05, 0.1) is 25.0 Å². The average Bonchev–Trinajstić information content (AvgIpc) is 2.43. The van der Waals surface area contributed by atoms with Gasteiger partial charge in [0.25, 0.3) is 0 Å². The highest BCUT2D eigenvalue weighted by Crippen LogP contribution is 2.40. The van der Waals surface area contributed by atoms with E-state index in [1.54, 1.807) is 12.3 Å². The number of carbonyl (C=O) groups excluding carboxylic acids is 1. The van der Waals surface area contributed by atoms with E-state index in [1.807, 2.05) is 0 Å². The quantitative estimate of drug-likeness (QED) is 0.604. The zero-order valence-electron chi connectivity index (χ0n) is 14.9. The summed E-state index contributed by atoms with van der Waals surface area (Å²) in [6.07, 6.45) is 5.26. The van der Waals surface area contributed by atoms with Gasteiger partial charge in [0.2, 0.25) is 0 Å². The molecule has 1 heterocycles. The fourth-order valence-corrected chi connectivity index (χ4v) is 3.59. The van der Waals surface area contributed by atoms with Gasteiger partial charge in [-0.3, -0.25) is 4.98 Å². The van der Waals surface area contributed by atoms with Crippen LogP contribution in [0.5, 0.6) is 5.75 Å². The maximum absolute atomic E-state index is 11.5. The summed E-state index contributed by atoms with van der Waals surface area (Å²) in [6.45, 7) is 11.3. The van der Waals surface area contributed by atoms with Crippen molar-refractivity contribution in [1.82, 2.24) is 4.98 Å². The van der Waals surface area contributed by atoms with E-state index >= 15 is 0 Å². The van der Waals surface area contributed by atoms with Crippen molar-refractivity contribution in [2.75, 3.05) is 7.11 Å². The van der Waals surface area contributed by atoms with E-state index in [1.165, 1.54) is 13.3 Å². The number of ether oxygens (including phenoxy) is 2. The molecule has 1 aliphatic carbocycles. The van der Waals surface area contributed by atoms with Crippen molar-refractivity contribution in [3.8, 4) is 5.75 Å². The van der Waals surface area contributed by atoms with Crippen LogP contribution in [0.3, 0.4) is 0 Å². The Labute approximate surface area is 139 Å². The third kappa shape index (κ3) is 4.32. The summed E-state index contributed by atoms with van der Waals surface area (Å²) in [5.41, 5.74) is 0.401. The number of esters is 1. The van der Waals surface area contributed by atoms with Crippen molar-refractivity contribution >= 4 is 14.3 Å². The van der Waals surface area contributed by atoms with Crippen LogP contribution in [-0.4, -0.2) is 38.6 Å². The predicted molar refractivity (Wildman–Crippen MR) is 91.3 cm³/mol. The molecule has 0 bridgehead atoms. The van der Waals surface area contributed by atoms with Gasteiger partial charge in [0.1, 0.15) is 11.9 Å². The predicted octanol–water partition coefficient (Wildman–Crippen LogP) is 3.80. The second-order valence-electron chi connectivity index (χ2n) is 7.61. The molecule has 0 amide bonds. The maximum Gasteiger partial charge on any atom is 0.339 e. The summed E-state index contributed by atoms with van der Waals surface area (Å²) < 4.78 is 16.9. The highest BCUT2D eigenvalue weighted by atomic mass is 28.4. The Morgan fingerprint density at radius 1 is 1.22 bits per heavy atom. The van der Waals surface area contributed by atoms with Gasteiger partial charge in [0, 0.05) is 19.0 Å². The standard InChI is InChI=1S/C17H27NO4Si/c1-17(2,3)23(5,6)22-14-8-13(9-14)21-15-7-12(10-18-11-15)16(19)20-4/h7,10-11,13-14H,8-9H2,1-6H3/t13-,14-. The minimum atomic E-state index is -1.72. The van der Waals surface area contributed by atoms with Crippen molar-refractivity contribution in [1.29, 1.82) is 0 Å². The van der Waals surface area contributed by atoms with E-state index in [0.717, 1.165) is 12.8 Å². The molecular formula is C17H27NO4Si. The first-order chi connectivity index (χ1) is 10.6. The van der Waals surface area contributed by atoms with Crippen LogP contribution in [0.4, 0.5) is 0 Å². The van der Waals surface area contributed by atoms with Gasteiger partial charge in [0.15, 0.2) is 8.32 Å². The summed E-state index contributed by atoms with van der Waals surface area (Å²) in [5.74, 6) is 0.194. The van der Waals surface area contributed by atoms with E-state index < -0.39 is 14.3 Å². The second-order valence-corrected chi connectivity index (χ2v) is 12.4. The van der Waals surface area contributed by atoms with Crippen LogP contribution in [0, 0.1) is 0 Å². The molecule has 1 aromatic heterocycles. The molecular weight excluding hydrogens is 310 g/mol. The number of nitrogens with zero attached hydrogens (tertiary/aromatic N) is 1.